The predicted molar refractivity (Wildman–Crippen MR) is 78.2 cm³/mol. The topological polar surface area (TPSA) is 19.5 Å². The van der Waals surface area contributed by atoms with Gasteiger partial charge in [-0.25, -0.2) is 9.56 Å². The van der Waals surface area contributed by atoms with Gasteiger partial charge in [0.15, 0.2) is 5.69 Å². The van der Waals surface area contributed by atoms with Crippen LogP contribution in [-0.2, 0) is 7.05 Å². The third-order valence-corrected chi connectivity index (χ3v) is 3.26. The second-order valence-electron chi connectivity index (χ2n) is 4.60. The van der Waals surface area contributed by atoms with Crippen molar-refractivity contribution in [3.8, 4) is 0 Å². The zero-order chi connectivity index (χ0) is 13.2. The van der Waals surface area contributed by atoms with Gasteiger partial charge in [-0.1, -0.05) is 18.2 Å². The van der Waals surface area contributed by atoms with E-state index in [4.69, 9.17) is 0 Å². The fourth-order valence-corrected chi connectivity index (χ4v) is 2.33. The molecule has 3 rings (SSSR count). The molecule has 2 aromatic rings. The van der Waals surface area contributed by atoms with Crippen molar-refractivity contribution >= 4 is 23.4 Å². The van der Waals surface area contributed by atoms with Crippen LogP contribution in [0, 0.1) is 6.92 Å². The summed E-state index contributed by atoms with van der Waals surface area (Å²) in [5.74, 6) is 1.07. The van der Waals surface area contributed by atoms with Crippen molar-refractivity contribution in [2.75, 3.05) is 4.90 Å². The highest BCUT2D eigenvalue weighted by atomic mass is 15.2. The van der Waals surface area contributed by atoms with Crippen LogP contribution in [0.3, 0.4) is 0 Å². The van der Waals surface area contributed by atoms with E-state index in [1.54, 1.807) is 0 Å². The van der Waals surface area contributed by atoms with Crippen LogP contribution in [-0.4, -0.2) is 6.21 Å². The number of nitrogens with zero attached hydrogens (tertiary/aromatic N) is 3. The lowest BCUT2D eigenvalue weighted by molar-refractivity contribution is -0.657. The Morgan fingerprint density at radius 2 is 1.95 bits per heavy atom. The Labute approximate surface area is 113 Å². The van der Waals surface area contributed by atoms with Gasteiger partial charge in [0.25, 0.3) is 0 Å². The first kappa shape index (κ1) is 11.7. The molecule has 0 bridgehead atoms. The number of aromatic nitrogens is 1. The number of aliphatic imine (C=N–C) groups is 1. The molecule has 0 atom stereocenters. The van der Waals surface area contributed by atoms with Gasteiger partial charge in [0.05, 0.1) is 19.4 Å². The molecule has 0 saturated heterocycles. The third-order valence-electron chi connectivity index (χ3n) is 3.26. The van der Waals surface area contributed by atoms with Crippen molar-refractivity contribution in [3.63, 3.8) is 0 Å². The second-order valence-corrected chi connectivity index (χ2v) is 4.60. The zero-order valence-electron chi connectivity index (χ0n) is 11.1. The second kappa shape index (κ2) is 4.69. The van der Waals surface area contributed by atoms with E-state index in [0.717, 1.165) is 11.5 Å². The van der Waals surface area contributed by atoms with Crippen molar-refractivity contribution in [1.29, 1.82) is 0 Å². The number of benzene rings is 1. The van der Waals surface area contributed by atoms with Crippen molar-refractivity contribution < 1.29 is 4.57 Å². The summed E-state index contributed by atoms with van der Waals surface area (Å²) in [5, 5.41) is 0. The van der Waals surface area contributed by atoms with Gasteiger partial charge < -0.3 is 0 Å². The molecule has 19 heavy (non-hydrogen) atoms. The van der Waals surface area contributed by atoms with E-state index in [1.165, 1.54) is 11.3 Å². The smallest absolute Gasteiger partial charge is 0.248 e. The van der Waals surface area contributed by atoms with E-state index in [-0.39, 0.29) is 0 Å². The molecule has 1 aromatic carbocycles. The largest absolute Gasteiger partial charge is 0.312 e. The van der Waals surface area contributed by atoms with Crippen LogP contribution in [0.25, 0.3) is 0 Å². The number of rotatable bonds is 1. The van der Waals surface area contributed by atoms with Gasteiger partial charge in [-0.15, -0.1) is 0 Å². The fraction of sp³-hybridized carbons (Fsp3) is 0.125. The van der Waals surface area contributed by atoms with Crippen molar-refractivity contribution in [2.45, 2.75) is 6.92 Å². The number of allylic oxidation sites excluding steroid dienone is 1. The molecule has 3 nitrogen and oxygen atoms in total. The van der Waals surface area contributed by atoms with Crippen LogP contribution < -0.4 is 9.47 Å². The number of hydrogen-bond acceptors (Lipinski definition) is 2. The van der Waals surface area contributed by atoms with E-state index >= 15 is 0 Å². The minimum atomic E-state index is 0.971. The Hall–Kier alpha value is -2.42. The minimum absolute atomic E-state index is 0.971. The Balaban J connectivity index is 2.23. The maximum absolute atomic E-state index is 4.48. The monoisotopic (exact) mass is 250 g/mol. The first-order valence-corrected chi connectivity index (χ1v) is 6.32. The molecule has 0 aliphatic carbocycles. The summed E-state index contributed by atoms with van der Waals surface area (Å²) in [6.07, 6.45) is 7.89. The third kappa shape index (κ3) is 2.03. The van der Waals surface area contributed by atoms with Gasteiger partial charge in [0.2, 0.25) is 0 Å². The molecule has 0 amide bonds. The summed E-state index contributed by atoms with van der Waals surface area (Å²) >= 11 is 0. The molecule has 0 fully saturated rings. The van der Waals surface area contributed by atoms with Crippen LogP contribution in [0.5, 0.6) is 0 Å². The highest BCUT2D eigenvalue weighted by Crippen LogP contribution is 2.33. The maximum atomic E-state index is 4.48. The number of anilines is 2. The van der Waals surface area contributed by atoms with Gasteiger partial charge in [0.1, 0.15) is 5.69 Å². The average molecular weight is 250 g/mol. The van der Waals surface area contributed by atoms with Crippen molar-refractivity contribution in [3.05, 3.63) is 60.4 Å². The molecular formula is C16H16N3+. The molecule has 0 spiro atoms. The van der Waals surface area contributed by atoms with Crippen molar-refractivity contribution in [2.24, 2.45) is 12.0 Å². The summed E-state index contributed by atoms with van der Waals surface area (Å²) < 4.78 is 2.09. The Morgan fingerprint density at radius 1 is 1.11 bits per heavy atom. The van der Waals surface area contributed by atoms with Crippen LogP contribution in [0.15, 0.2) is 59.9 Å². The fourth-order valence-electron chi connectivity index (χ4n) is 2.33. The maximum Gasteiger partial charge on any atom is 0.312 e. The number of hydrogen-bond donors (Lipinski definition) is 0. The molecular weight excluding hydrogens is 234 g/mol. The molecule has 0 saturated carbocycles. The lowest BCUT2D eigenvalue weighted by Crippen LogP contribution is -2.34. The van der Waals surface area contributed by atoms with Gasteiger partial charge in [-0.3, -0.25) is 0 Å². The van der Waals surface area contributed by atoms with E-state index in [2.05, 4.69) is 51.8 Å². The predicted octanol–water partition coefficient (Wildman–Crippen LogP) is 3.19. The number of fused-ring (bicyclic) bond motifs is 1. The SMILES string of the molecule is Cc1ccccc1N1C=CC=Nc2ccc[n+](C)c21. The van der Waals surface area contributed by atoms with E-state index < -0.39 is 0 Å². The Morgan fingerprint density at radius 3 is 2.79 bits per heavy atom. The first-order valence-electron chi connectivity index (χ1n) is 6.32. The summed E-state index contributed by atoms with van der Waals surface area (Å²) in [4.78, 5) is 6.66. The molecule has 3 heteroatoms. The molecule has 0 N–H and O–H groups in total. The molecule has 1 aliphatic rings. The molecule has 94 valence electrons. The van der Waals surface area contributed by atoms with E-state index in [0.29, 0.717) is 0 Å². The van der Waals surface area contributed by atoms with Gasteiger partial charge in [-0.05, 0) is 36.8 Å². The summed E-state index contributed by atoms with van der Waals surface area (Å²) in [6.45, 7) is 2.12. The summed E-state index contributed by atoms with van der Waals surface area (Å²) in [5.41, 5.74) is 3.38. The highest BCUT2D eigenvalue weighted by Gasteiger charge is 2.24. The summed E-state index contributed by atoms with van der Waals surface area (Å²) in [6, 6.07) is 12.4. The molecule has 1 aliphatic heterocycles. The molecule has 2 heterocycles. The van der Waals surface area contributed by atoms with Crippen molar-refractivity contribution in [1.82, 2.24) is 0 Å². The van der Waals surface area contributed by atoms with Gasteiger partial charge >= 0.3 is 5.82 Å². The quantitative estimate of drug-likeness (QED) is 0.711. The Kier molecular flexibility index (Phi) is 2.88. The lowest BCUT2D eigenvalue weighted by Gasteiger charge is -2.16. The van der Waals surface area contributed by atoms with Crippen LogP contribution in [0.1, 0.15) is 5.56 Å². The van der Waals surface area contributed by atoms with Crippen LogP contribution in [0.4, 0.5) is 17.2 Å². The highest BCUT2D eigenvalue weighted by molar-refractivity contribution is 5.83. The lowest BCUT2D eigenvalue weighted by atomic mass is 10.2. The van der Waals surface area contributed by atoms with E-state index in [1.807, 2.05) is 37.7 Å². The van der Waals surface area contributed by atoms with Crippen LogP contribution >= 0.6 is 0 Å². The minimum Gasteiger partial charge on any atom is -0.248 e. The van der Waals surface area contributed by atoms with E-state index in [9.17, 15) is 0 Å². The normalized spacial score (nSPS) is 13.3. The molecule has 0 unspecified atom stereocenters. The number of aryl methyl sites for hydroxylation is 2. The number of para-hydroxylation sites is 1. The van der Waals surface area contributed by atoms with Crippen LogP contribution in [0.2, 0.25) is 0 Å². The first-order chi connectivity index (χ1) is 9.27. The molecule has 0 radical (unpaired) electrons. The summed E-state index contributed by atoms with van der Waals surface area (Å²) in [7, 11) is 2.04. The average Bonchev–Trinajstić information content (AvgIpc) is 2.63. The zero-order valence-corrected chi connectivity index (χ0v) is 11.1. The van der Waals surface area contributed by atoms with Gasteiger partial charge in [0, 0.05) is 6.21 Å². The standard InChI is InChI=1S/C16H16N3/c1-13-7-3-4-9-15(13)19-12-6-10-17-14-8-5-11-18(2)16(14)19/h3-12H,1-2H3/q+1. The molecule has 1 aromatic heterocycles. The number of pyridine rings is 1. The Bertz CT molecular complexity index is 671. The van der Waals surface area contributed by atoms with Gasteiger partial charge in [-0.2, -0.15) is 4.90 Å².